The minimum atomic E-state index is 0.0971. The Labute approximate surface area is 150 Å². The first-order valence-electron chi connectivity index (χ1n) is 8.43. The summed E-state index contributed by atoms with van der Waals surface area (Å²) < 4.78 is 0. The first-order chi connectivity index (χ1) is 12.1. The molecule has 1 fully saturated rings. The summed E-state index contributed by atoms with van der Waals surface area (Å²) in [6.07, 6.45) is 1.83. The lowest BCUT2D eigenvalue weighted by atomic mass is 10.0. The molecule has 1 aliphatic rings. The Balaban J connectivity index is 1.59. The van der Waals surface area contributed by atoms with Crippen molar-refractivity contribution in [3.63, 3.8) is 0 Å². The van der Waals surface area contributed by atoms with Crippen LogP contribution >= 0.6 is 11.3 Å². The van der Waals surface area contributed by atoms with Crippen LogP contribution in [0.2, 0.25) is 0 Å². The number of amides is 1. The third kappa shape index (κ3) is 3.09. The Hall–Kier alpha value is -2.47. The standard InChI is InChI=1S/C19H20N4OS/c1-13-3-4-17-15(11-13)16(12-14(2)21-17)18(24)22-6-8-23(9-7-22)19-20-5-10-25-19/h3-5,10-12H,6-9H2,1-2H3. The molecular formula is C19H20N4OS. The zero-order valence-electron chi connectivity index (χ0n) is 14.4. The number of benzene rings is 1. The SMILES string of the molecule is Cc1ccc2nc(C)cc(C(=O)N3CCN(c4nccs4)CC3)c2c1. The molecule has 0 bridgehead atoms. The van der Waals surface area contributed by atoms with Crippen molar-refractivity contribution in [3.05, 3.63) is 52.7 Å². The lowest BCUT2D eigenvalue weighted by molar-refractivity contribution is 0.0748. The van der Waals surface area contributed by atoms with E-state index in [1.165, 1.54) is 0 Å². The second-order valence-electron chi connectivity index (χ2n) is 6.43. The smallest absolute Gasteiger partial charge is 0.254 e. The molecule has 0 saturated carbocycles. The van der Waals surface area contributed by atoms with E-state index in [-0.39, 0.29) is 5.91 Å². The number of carbonyl (C=O) groups is 1. The van der Waals surface area contributed by atoms with E-state index in [1.54, 1.807) is 11.3 Å². The summed E-state index contributed by atoms with van der Waals surface area (Å²) >= 11 is 1.64. The minimum Gasteiger partial charge on any atom is -0.345 e. The van der Waals surface area contributed by atoms with Crippen molar-refractivity contribution in [1.82, 2.24) is 14.9 Å². The summed E-state index contributed by atoms with van der Waals surface area (Å²) in [6.45, 7) is 7.05. The predicted molar refractivity (Wildman–Crippen MR) is 101 cm³/mol. The van der Waals surface area contributed by atoms with Gasteiger partial charge in [0, 0.05) is 48.8 Å². The summed E-state index contributed by atoms with van der Waals surface area (Å²) in [5.74, 6) is 0.0971. The second kappa shape index (κ2) is 6.44. The van der Waals surface area contributed by atoms with E-state index in [2.05, 4.69) is 20.9 Å². The molecule has 0 radical (unpaired) electrons. The fraction of sp³-hybridized carbons (Fsp3) is 0.316. The summed E-state index contributed by atoms with van der Waals surface area (Å²) in [4.78, 5) is 26.3. The molecule has 0 N–H and O–H groups in total. The number of fused-ring (bicyclic) bond motifs is 1. The number of carbonyl (C=O) groups excluding carboxylic acids is 1. The fourth-order valence-electron chi connectivity index (χ4n) is 3.29. The number of aryl methyl sites for hydroxylation is 2. The van der Waals surface area contributed by atoms with Crippen LogP contribution in [0, 0.1) is 13.8 Å². The quantitative estimate of drug-likeness (QED) is 0.710. The highest BCUT2D eigenvalue weighted by molar-refractivity contribution is 7.13. The minimum absolute atomic E-state index is 0.0971. The molecule has 0 spiro atoms. The van der Waals surface area contributed by atoms with E-state index < -0.39 is 0 Å². The number of thiazole rings is 1. The second-order valence-corrected chi connectivity index (χ2v) is 7.30. The molecule has 2 aromatic heterocycles. The van der Waals surface area contributed by atoms with Gasteiger partial charge in [-0.3, -0.25) is 9.78 Å². The van der Waals surface area contributed by atoms with Gasteiger partial charge in [-0.15, -0.1) is 11.3 Å². The van der Waals surface area contributed by atoms with E-state index in [0.717, 1.165) is 45.9 Å². The van der Waals surface area contributed by atoms with Crippen LogP contribution in [0.25, 0.3) is 10.9 Å². The van der Waals surface area contributed by atoms with Gasteiger partial charge in [0.05, 0.1) is 11.1 Å². The molecule has 5 nitrogen and oxygen atoms in total. The monoisotopic (exact) mass is 352 g/mol. The molecule has 1 saturated heterocycles. The van der Waals surface area contributed by atoms with E-state index in [1.807, 2.05) is 48.5 Å². The third-order valence-electron chi connectivity index (χ3n) is 4.58. The third-order valence-corrected chi connectivity index (χ3v) is 5.41. The van der Waals surface area contributed by atoms with Gasteiger partial charge >= 0.3 is 0 Å². The van der Waals surface area contributed by atoms with Crippen molar-refractivity contribution in [3.8, 4) is 0 Å². The number of aromatic nitrogens is 2. The topological polar surface area (TPSA) is 49.3 Å². The van der Waals surface area contributed by atoms with Crippen molar-refractivity contribution in [2.75, 3.05) is 31.1 Å². The van der Waals surface area contributed by atoms with Crippen molar-refractivity contribution in [2.24, 2.45) is 0 Å². The van der Waals surface area contributed by atoms with Crippen molar-refractivity contribution in [2.45, 2.75) is 13.8 Å². The number of rotatable bonds is 2. The molecule has 0 aliphatic carbocycles. The maximum absolute atomic E-state index is 13.1. The number of nitrogens with zero attached hydrogens (tertiary/aromatic N) is 4. The molecule has 25 heavy (non-hydrogen) atoms. The van der Waals surface area contributed by atoms with Crippen LogP contribution in [0.3, 0.4) is 0 Å². The Bertz CT molecular complexity index is 915. The summed E-state index contributed by atoms with van der Waals surface area (Å²) in [7, 11) is 0. The van der Waals surface area contributed by atoms with Crippen LogP contribution in [0.4, 0.5) is 5.13 Å². The highest BCUT2D eigenvalue weighted by Crippen LogP contribution is 2.23. The lowest BCUT2D eigenvalue weighted by Gasteiger charge is -2.34. The van der Waals surface area contributed by atoms with Crippen LogP contribution in [0.1, 0.15) is 21.6 Å². The largest absolute Gasteiger partial charge is 0.345 e. The average Bonchev–Trinajstić information content (AvgIpc) is 3.16. The Morgan fingerprint density at radius 1 is 1.12 bits per heavy atom. The van der Waals surface area contributed by atoms with Crippen molar-refractivity contribution in [1.29, 1.82) is 0 Å². The van der Waals surface area contributed by atoms with Crippen molar-refractivity contribution >= 4 is 33.3 Å². The summed E-state index contributed by atoms with van der Waals surface area (Å²) in [5, 5.41) is 3.96. The molecule has 0 unspecified atom stereocenters. The first-order valence-corrected chi connectivity index (χ1v) is 9.31. The molecule has 128 valence electrons. The molecular weight excluding hydrogens is 332 g/mol. The normalized spacial score (nSPS) is 15.0. The van der Waals surface area contributed by atoms with Crippen LogP contribution in [0.15, 0.2) is 35.8 Å². The molecule has 3 heterocycles. The number of hydrogen-bond donors (Lipinski definition) is 0. The van der Waals surface area contributed by atoms with Gasteiger partial charge in [0.25, 0.3) is 5.91 Å². The molecule has 1 aromatic carbocycles. The molecule has 3 aromatic rings. The van der Waals surface area contributed by atoms with Gasteiger partial charge in [-0.1, -0.05) is 11.6 Å². The summed E-state index contributed by atoms with van der Waals surface area (Å²) in [5.41, 5.74) is 3.66. The Kier molecular flexibility index (Phi) is 4.13. The number of anilines is 1. The van der Waals surface area contributed by atoms with Gasteiger partial charge in [0.2, 0.25) is 0 Å². The highest BCUT2D eigenvalue weighted by Gasteiger charge is 2.24. The summed E-state index contributed by atoms with van der Waals surface area (Å²) in [6, 6.07) is 8.00. The van der Waals surface area contributed by atoms with E-state index in [9.17, 15) is 4.79 Å². The Morgan fingerprint density at radius 3 is 2.64 bits per heavy atom. The predicted octanol–water partition coefficient (Wildman–Crippen LogP) is 3.27. The molecule has 6 heteroatoms. The zero-order chi connectivity index (χ0) is 17.4. The van der Waals surface area contributed by atoms with E-state index in [0.29, 0.717) is 13.1 Å². The zero-order valence-corrected chi connectivity index (χ0v) is 15.2. The molecule has 1 amide bonds. The fourth-order valence-corrected chi connectivity index (χ4v) is 3.99. The molecule has 4 rings (SSSR count). The number of hydrogen-bond acceptors (Lipinski definition) is 5. The number of piperazine rings is 1. The van der Waals surface area contributed by atoms with Crippen molar-refractivity contribution < 1.29 is 4.79 Å². The van der Waals surface area contributed by atoms with Gasteiger partial charge in [0.15, 0.2) is 5.13 Å². The van der Waals surface area contributed by atoms with Gasteiger partial charge < -0.3 is 9.80 Å². The van der Waals surface area contributed by atoms with Crippen LogP contribution in [0.5, 0.6) is 0 Å². The number of pyridine rings is 1. The van der Waals surface area contributed by atoms with Crippen LogP contribution in [-0.4, -0.2) is 47.0 Å². The van der Waals surface area contributed by atoms with Gasteiger partial charge in [-0.25, -0.2) is 4.98 Å². The Morgan fingerprint density at radius 2 is 1.92 bits per heavy atom. The highest BCUT2D eigenvalue weighted by atomic mass is 32.1. The van der Waals surface area contributed by atoms with Crippen LogP contribution < -0.4 is 4.90 Å². The van der Waals surface area contributed by atoms with Crippen LogP contribution in [-0.2, 0) is 0 Å². The first kappa shape index (κ1) is 16.0. The van der Waals surface area contributed by atoms with Gasteiger partial charge in [0.1, 0.15) is 0 Å². The van der Waals surface area contributed by atoms with E-state index >= 15 is 0 Å². The maximum atomic E-state index is 13.1. The van der Waals surface area contributed by atoms with E-state index in [4.69, 9.17) is 0 Å². The van der Waals surface area contributed by atoms with Gasteiger partial charge in [-0.05, 0) is 32.0 Å². The lowest BCUT2D eigenvalue weighted by Crippen LogP contribution is -2.48. The van der Waals surface area contributed by atoms with Gasteiger partial charge in [-0.2, -0.15) is 0 Å². The molecule has 1 aliphatic heterocycles. The molecule has 0 atom stereocenters. The average molecular weight is 352 g/mol. The maximum Gasteiger partial charge on any atom is 0.254 e.